The average molecular weight is 455 g/mol. The molecule has 3 atom stereocenters. The maximum Gasteiger partial charge on any atom is 0.257 e. The molecule has 33 heavy (non-hydrogen) atoms. The first kappa shape index (κ1) is 22.1. The summed E-state index contributed by atoms with van der Waals surface area (Å²) >= 11 is 0. The Bertz CT molecular complexity index is 1140. The number of anilines is 1. The number of hydrogen-bond donors (Lipinski definition) is 3. The Morgan fingerprint density at radius 2 is 1.88 bits per heavy atom. The molecule has 176 valence electrons. The fraction of sp³-hybridized carbons (Fsp3) is 0.560. The van der Waals surface area contributed by atoms with Gasteiger partial charge < -0.3 is 20.3 Å². The highest BCUT2D eigenvalue weighted by molar-refractivity contribution is 6.06. The molecule has 7 nitrogen and oxygen atoms in total. The molecule has 0 aromatic carbocycles. The zero-order valence-electron chi connectivity index (χ0n) is 19.5. The van der Waals surface area contributed by atoms with Gasteiger partial charge >= 0.3 is 0 Å². The van der Waals surface area contributed by atoms with E-state index in [4.69, 9.17) is 0 Å². The van der Waals surface area contributed by atoms with Gasteiger partial charge in [0.2, 0.25) is 5.95 Å². The van der Waals surface area contributed by atoms with Crippen LogP contribution in [0.15, 0.2) is 12.3 Å². The van der Waals surface area contributed by atoms with E-state index < -0.39 is 23.9 Å². The molecule has 2 heterocycles. The van der Waals surface area contributed by atoms with Crippen LogP contribution in [0, 0.1) is 44.5 Å². The van der Waals surface area contributed by atoms with Gasteiger partial charge in [-0.1, -0.05) is 0 Å². The first-order valence-electron chi connectivity index (χ1n) is 11.7. The number of pyridine rings is 1. The van der Waals surface area contributed by atoms with Crippen molar-refractivity contribution < 1.29 is 19.1 Å². The molecule has 2 amide bonds. The van der Waals surface area contributed by atoms with E-state index in [1.165, 1.54) is 31.5 Å². The molecule has 2 aromatic rings. The van der Waals surface area contributed by atoms with Gasteiger partial charge in [-0.3, -0.25) is 9.59 Å². The monoisotopic (exact) mass is 454 g/mol. The summed E-state index contributed by atoms with van der Waals surface area (Å²) in [6, 6.07) is 1.51. The SMILES string of the molecule is Cc1cc(NC(=O)c2c(C)c(C(O)C(=O)NC34CC5CC(CC3C5)C4)n(C)c2C)cnc1F. The summed E-state index contributed by atoms with van der Waals surface area (Å²) in [6.07, 6.45) is 5.55. The van der Waals surface area contributed by atoms with Crippen molar-refractivity contribution in [3.8, 4) is 0 Å². The molecule has 0 saturated heterocycles. The Balaban J connectivity index is 1.37. The zero-order valence-corrected chi connectivity index (χ0v) is 19.5. The second kappa shape index (κ2) is 7.65. The Morgan fingerprint density at radius 1 is 1.21 bits per heavy atom. The van der Waals surface area contributed by atoms with Crippen molar-refractivity contribution in [3.05, 3.63) is 46.3 Å². The number of nitrogens with zero attached hydrogens (tertiary/aromatic N) is 2. The number of hydrogen-bond acceptors (Lipinski definition) is 4. The summed E-state index contributed by atoms with van der Waals surface area (Å²) in [5.41, 5.74) is 2.53. The summed E-state index contributed by atoms with van der Waals surface area (Å²) in [7, 11) is 1.75. The van der Waals surface area contributed by atoms with Crippen molar-refractivity contribution in [2.24, 2.45) is 24.8 Å². The number of amides is 2. The summed E-state index contributed by atoms with van der Waals surface area (Å²) in [5.74, 6) is 0.537. The molecule has 4 bridgehead atoms. The molecule has 0 aliphatic heterocycles. The van der Waals surface area contributed by atoms with E-state index >= 15 is 0 Å². The summed E-state index contributed by atoms with van der Waals surface area (Å²) in [6.45, 7) is 5.09. The summed E-state index contributed by atoms with van der Waals surface area (Å²) < 4.78 is 15.2. The number of halogens is 1. The van der Waals surface area contributed by atoms with Crippen LogP contribution in [0.4, 0.5) is 10.1 Å². The second-order valence-electron chi connectivity index (χ2n) is 10.4. The fourth-order valence-corrected chi connectivity index (χ4v) is 6.98. The molecule has 4 aliphatic carbocycles. The van der Waals surface area contributed by atoms with Gasteiger partial charge in [0.25, 0.3) is 11.8 Å². The average Bonchev–Trinajstić information content (AvgIpc) is 3.23. The molecule has 4 aliphatic rings. The smallest absolute Gasteiger partial charge is 0.257 e. The van der Waals surface area contributed by atoms with Gasteiger partial charge in [0.1, 0.15) is 0 Å². The van der Waals surface area contributed by atoms with E-state index in [1.807, 2.05) is 0 Å². The van der Waals surface area contributed by atoms with Crippen molar-refractivity contribution in [3.63, 3.8) is 0 Å². The van der Waals surface area contributed by atoms with E-state index in [1.54, 1.807) is 32.4 Å². The predicted molar refractivity (Wildman–Crippen MR) is 121 cm³/mol. The number of aryl methyl sites for hydroxylation is 1. The molecule has 6 rings (SSSR count). The lowest BCUT2D eigenvalue weighted by Gasteiger charge is -2.34. The van der Waals surface area contributed by atoms with Crippen LogP contribution in [-0.4, -0.2) is 32.0 Å². The van der Waals surface area contributed by atoms with Crippen LogP contribution in [0.5, 0.6) is 0 Å². The number of carbonyl (C=O) groups excluding carboxylic acids is 2. The number of aliphatic hydroxyl groups excluding tert-OH is 1. The molecular formula is C25H31FN4O3. The van der Waals surface area contributed by atoms with Gasteiger partial charge in [-0.2, -0.15) is 4.39 Å². The highest BCUT2D eigenvalue weighted by Crippen LogP contribution is 2.60. The van der Waals surface area contributed by atoms with Gasteiger partial charge in [0.05, 0.1) is 23.1 Å². The maximum atomic E-state index is 13.5. The minimum atomic E-state index is -1.36. The van der Waals surface area contributed by atoms with Crippen LogP contribution in [0.1, 0.15) is 71.1 Å². The van der Waals surface area contributed by atoms with E-state index in [0.717, 1.165) is 12.8 Å². The Morgan fingerprint density at radius 3 is 2.52 bits per heavy atom. The Kier molecular flexibility index (Phi) is 5.12. The third-order valence-electron chi connectivity index (χ3n) is 8.35. The quantitative estimate of drug-likeness (QED) is 0.603. The molecule has 3 N–H and O–H groups in total. The number of nitrogens with one attached hydrogen (secondary N) is 2. The Labute approximate surface area is 192 Å². The van der Waals surface area contributed by atoms with E-state index in [0.29, 0.717) is 51.5 Å². The summed E-state index contributed by atoms with van der Waals surface area (Å²) in [4.78, 5) is 29.9. The molecule has 4 fully saturated rings. The number of aliphatic hydroxyl groups is 1. The standard InChI is InChI=1S/C25H31FN4O3/c1-12-5-18(11-27-22(12)26)28-23(32)19-13(2)20(30(4)14(19)3)21(31)24(33)29-25-9-15-6-16(10-25)8-17(25)7-15/h5,11,15-17,21,31H,6-10H2,1-4H3,(H,28,32)(H,29,33). The lowest BCUT2D eigenvalue weighted by atomic mass is 9.80. The van der Waals surface area contributed by atoms with Crippen molar-refractivity contribution in [2.75, 3.05) is 5.32 Å². The number of carbonyl (C=O) groups is 2. The lowest BCUT2D eigenvalue weighted by Crippen LogP contribution is -2.51. The molecule has 0 radical (unpaired) electrons. The molecule has 2 aromatic heterocycles. The predicted octanol–water partition coefficient (Wildman–Crippen LogP) is 3.47. The minimum Gasteiger partial charge on any atom is -0.377 e. The topological polar surface area (TPSA) is 96.3 Å². The maximum absolute atomic E-state index is 13.5. The van der Waals surface area contributed by atoms with E-state index in [9.17, 15) is 19.1 Å². The van der Waals surface area contributed by atoms with Crippen LogP contribution in [-0.2, 0) is 11.8 Å². The van der Waals surface area contributed by atoms with E-state index in [2.05, 4.69) is 15.6 Å². The van der Waals surface area contributed by atoms with Crippen LogP contribution in [0.25, 0.3) is 0 Å². The van der Waals surface area contributed by atoms with Crippen LogP contribution in [0.3, 0.4) is 0 Å². The van der Waals surface area contributed by atoms with Gasteiger partial charge in [0.15, 0.2) is 6.10 Å². The molecular weight excluding hydrogens is 423 g/mol. The van der Waals surface area contributed by atoms with Gasteiger partial charge in [-0.05, 0) is 82.3 Å². The normalized spacial score (nSPS) is 28.2. The summed E-state index contributed by atoms with van der Waals surface area (Å²) in [5, 5.41) is 17.0. The minimum absolute atomic E-state index is 0.173. The van der Waals surface area contributed by atoms with Crippen molar-refractivity contribution in [2.45, 2.75) is 64.5 Å². The highest BCUT2D eigenvalue weighted by Gasteiger charge is 2.58. The first-order chi connectivity index (χ1) is 15.6. The van der Waals surface area contributed by atoms with Crippen molar-refractivity contribution in [1.29, 1.82) is 0 Å². The van der Waals surface area contributed by atoms with Crippen molar-refractivity contribution in [1.82, 2.24) is 14.9 Å². The highest BCUT2D eigenvalue weighted by atomic mass is 19.1. The van der Waals surface area contributed by atoms with Gasteiger partial charge in [-0.15, -0.1) is 0 Å². The van der Waals surface area contributed by atoms with Crippen molar-refractivity contribution >= 4 is 17.5 Å². The van der Waals surface area contributed by atoms with Gasteiger partial charge in [-0.25, -0.2) is 4.98 Å². The van der Waals surface area contributed by atoms with Crippen LogP contribution >= 0.6 is 0 Å². The largest absolute Gasteiger partial charge is 0.377 e. The third kappa shape index (κ3) is 3.46. The first-order valence-corrected chi connectivity index (χ1v) is 11.7. The van der Waals surface area contributed by atoms with Crippen LogP contribution in [0.2, 0.25) is 0 Å². The van der Waals surface area contributed by atoms with Gasteiger partial charge in [0, 0.05) is 23.8 Å². The molecule has 0 spiro atoms. The third-order valence-corrected chi connectivity index (χ3v) is 8.35. The molecule has 4 saturated carbocycles. The molecule has 8 heteroatoms. The lowest BCUT2D eigenvalue weighted by molar-refractivity contribution is -0.132. The zero-order chi connectivity index (χ0) is 23.7. The van der Waals surface area contributed by atoms with E-state index in [-0.39, 0.29) is 5.54 Å². The number of rotatable bonds is 5. The number of aromatic nitrogens is 2. The second-order valence-corrected chi connectivity index (χ2v) is 10.4. The fourth-order valence-electron chi connectivity index (χ4n) is 6.98. The van der Waals surface area contributed by atoms with Crippen LogP contribution < -0.4 is 10.6 Å². The Hall–Kier alpha value is -2.74. The molecule has 3 unspecified atom stereocenters.